The Kier molecular flexibility index (Phi) is 5.05. The molecule has 0 fully saturated rings. The molecule has 2 N–H and O–H groups in total. The van der Waals surface area contributed by atoms with Crippen LogP contribution in [-0.4, -0.2) is 45.2 Å². The van der Waals surface area contributed by atoms with Gasteiger partial charge in [0.15, 0.2) is 0 Å². The summed E-state index contributed by atoms with van der Waals surface area (Å²) in [4.78, 5) is 13.3. The summed E-state index contributed by atoms with van der Waals surface area (Å²) in [6.45, 7) is 3.72. The number of amides is 1. The molecule has 1 aromatic rings. The van der Waals surface area contributed by atoms with E-state index in [1.807, 2.05) is 6.92 Å². The van der Waals surface area contributed by atoms with Gasteiger partial charge in [-0.3, -0.25) is 4.79 Å². The number of ether oxygens (including phenoxy) is 1. The maximum absolute atomic E-state index is 12.2. The van der Waals surface area contributed by atoms with Gasteiger partial charge in [-0.1, -0.05) is 0 Å². The van der Waals surface area contributed by atoms with Gasteiger partial charge >= 0.3 is 0 Å². The van der Waals surface area contributed by atoms with Gasteiger partial charge in [0.05, 0.1) is 17.1 Å². The number of benzene rings is 1. The summed E-state index contributed by atoms with van der Waals surface area (Å²) < 4.78 is 32.4. The van der Waals surface area contributed by atoms with E-state index >= 15 is 0 Å². The smallest absolute Gasteiger partial charge is 0.240 e. The maximum Gasteiger partial charge on any atom is 0.240 e. The first kappa shape index (κ1) is 16.7. The average Bonchev–Trinajstić information content (AvgIpc) is 2.45. The van der Waals surface area contributed by atoms with Crippen LogP contribution in [-0.2, 0) is 14.8 Å². The predicted molar refractivity (Wildman–Crippen MR) is 81.5 cm³/mol. The van der Waals surface area contributed by atoms with Crippen molar-refractivity contribution in [3.63, 3.8) is 0 Å². The lowest BCUT2D eigenvalue weighted by Crippen LogP contribution is -2.41. The first-order valence-corrected chi connectivity index (χ1v) is 8.53. The Hall–Kier alpha value is -1.64. The minimum absolute atomic E-state index is 0.0635. The van der Waals surface area contributed by atoms with Crippen molar-refractivity contribution < 1.29 is 23.1 Å². The van der Waals surface area contributed by atoms with Crippen molar-refractivity contribution in [2.75, 3.05) is 24.6 Å². The summed E-state index contributed by atoms with van der Waals surface area (Å²) in [6, 6.07) is 4.43. The van der Waals surface area contributed by atoms with Crippen molar-refractivity contribution in [2.45, 2.75) is 31.3 Å². The van der Waals surface area contributed by atoms with Crippen LogP contribution >= 0.6 is 0 Å². The van der Waals surface area contributed by atoms with E-state index in [1.54, 1.807) is 6.07 Å². The molecule has 1 amide bonds. The molecule has 0 saturated heterocycles. The average molecular weight is 328 g/mol. The van der Waals surface area contributed by atoms with Gasteiger partial charge in [-0.05, 0) is 31.5 Å². The molecule has 0 bridgehead atoms. The van der Waals surface area contributed by atoms with Crippen molar-refractivity contribution in [1.82, 2.24) is 4.72 Å². The highest BCUT2D eigenvalue weighted by molar-refractivity contribution is 7.89. The van der Waals surface area contributed by atoms with Gasteiger partial charge in [0.1, 0.15) is 11.9 Å². The number of aliphatic hydroxyl groups excluding tert-OH is 1. The Balaban J connectivity index is 2.34. The standard InChI is InChI=1S/C14H20N2O5S/c1-10-9-16(11(2)18)13-8-12(4-5-14(13)21-10)22(19,20)15-6-3-7-17/h4-5,8,10,15,17H,3,6-7,9H2,1-2H3. The lowest BCUT2D eigenvalue weighted by atomic mass is 10.2. The van der Waals surface area contributed by atoms with Gasteiger partial charge in [0, 0.05) is 20.1 Å². The molecule has 1 aliphatic rings. The lowest BCUT2D eigenvalue weighted by molar-refractivity contribution is -0.117. The highest BCUT2D eigenvalue weighted by atomic mass is 32.2. The van der Waals surface area contributed by atoms with Crippen molar-refractivity contribution in [2.24, 2.45) is 0 Å². The Labute approximate surface area is 129 Å². The van der Waals surface area contributed by atoms with Crippen LogP contribution in [0.5, 0.6) is 5.75 Å². The van der Waals surface area contributed by atoms with Crippen LogP contribution in [0.2, 0.25) is 0 Å². The van der Waals surface area contributed by atoms with E-state index in [0.717, 1.165) is 0 Å². The number of fused-ring (bicyclic) bond motifs is 1. The third-order valence-electron chi connectivity index (χ3n) is 3.31. The summed E-state index contributed by atoms with van der Waals surface area (Å²) in [6.07, 6.45) is 0.186. The van der Waals surface area contributed by atoms with Crippen molar-refractivity contribution >= 4 is 21.6 Å². The van der Waals surface area contributed by atoms with Crippen molar-refractivity contribution in [3.8, 4) is 5.75 Å². The molecular formula is C14H20N2O5S. The molecule has 0 radical (unpaired) electrons. The molecule has 1 aliphatic heterocycles. The monoisotopic (exact) mass is 328 g/mol. The molecule has 1 atom stereocenters. The molecule has 2 rings (SSSR count). The molecule has 122 valence electrons. The Morgan fingerprint density at radius 1 is 1.50 bits per heavy atom. The van der Waals surface area contributed by atoms with Gasteiger partial charge in [0.25, 0.3) is 0 Å². The molecule has 1 unspecified atom stereocenters. The maximum atomic E-state index is 12.2. The molecule has 1 heterocycles. The second kappa shape index (κ2) is 6.64. The third-order valence-corrected chi connectivity index (χ3v) is 4.77. The Morgan fingerprint density at radius 2 is 2.23 bits per heavy atom. The van der Waals surface area contributed by atoms with E-state index in [9.17, 15) is 13.2 Å². The van der Waals surface area contributed by atoms with Crippen LogP contribution < -0.4 is 14.4 Å². The molecule has 22 heavy (non-hydrogen) atoms. The topological polar surface area (TPSA) is 95.9 Å². The SMILES string of the molecule is CC(=O)N1CC(C)Oc2ccc(S(=O)(=O)NCCCO)cc21. The summed E-state index contributed by atoms with van der Waals surface area (Å²) in [5.41, 5.74) is 0.454. The molecule has 7 nitrogen and oxygen atoms in total. The van der Waals surface area contributed by atoms with Gasteiger partial charge in [-0.15, -0.1) is 0 Å². The number of sulfonamides is 1. The fourth-order valence-corrected chi connectivity index (χ4v) is 3.35. The second-order valence-corrected chi connectivity index (χ2v) is 6.93. The van der Waals surface area contributed by atoms with E-state index < -0.39 is 10.0 Å². The molecule has 0 aliphatic carbocycles. The number of hydrogen-bond acceptors (Lipinski definition) is 5. The fourth-order valence-electron chi connectivity index (χ4n) is 2.25. The number of carbonyl (C=O) groups is 1. The number of aliphatic hydroxyl groups is 1. The molecule has 0 aromatic heterocycles. The zero-order valence-corrected chi connectivity index (χ0v) is 13.4. The number of carbonyl (C=O) groups excluding carboxylic acids is 1. The first-order valence-electron chi connectivity index (χ1n) is 7.04. The number of rotatable bonds is 5. The third kappa shape index (κ3) is 3.57. The van der Waals surface area contributed by atoms with Crippen LogP contribution in [0.15, 0.2) is 23.1 Å². The number of hydrogen-bond donors (Lipinski definition) is 2. The van der Waals surface area contributed by atoms with Crippen LogP contribution in [0.4, 0.5) is 5.69 Å². The van der Waals surface area contributed by atoms with E-state index in [-0.39, 0.29) is 30.1 Å². The second-order valence-electron chi connectivity index (χ2n) is 5.16. The van der Waals surface area contributed by atoms with E-state index in [2.05, 4.69) is 4.72 Å². The molecule has 0 saturated carbocycles. The summed E-state index contributed by atoms with van der Waals surface area (Å²) in [5, 5.41) is 8.72. The van der Waals surface area contributed by atoms with Crippen LogP contribution in [0, 0.1) is 0 Å². The minimum atomic E-state index is -3.68. The number of nitrogens with one attached hydrogen (secondary N) is 1. The van der Waals surface area contributed by atoms with Gasteiger partial charge in [-0.2, -0.15) is 0 Å². The summed E-state index contributed by atoms with van der Waals surface area (Å²) >= 11 is 0. The number of anilines is 1. The fraction of sp³-hybridized carbons (Fsp3) is 0.500. The summed E-state index contributed by atoms with van der Waals surface area (Å²) in [7, 11) is -3.68. The normalized spacial score (nSPS) is 17.8. The van der Waals surface area contributed by atoms with Gasteiger partial charge in [0.2, 0.25) is 15.9 Å². The Bertz CT molecular complexity index is 659. The lowest BCUT2D eigenvalue weighted by Gasteiger charge is -2.33. The predicted octanol–water partition coefficient (Wildman–Crippen LogP) is 0.481. The molecule has 8 heteroatoms. The van der Waals surface area contributed by atoms with E-state index in [4.69, 9.17) is 9.84 Å². The highest BCUT2D eigenvalue weighted by Crippen LogP contribution is 2.35. The van der Waals surface area contributed by atoms with Gasteiger partial charge in [-0.25, -0.2) is 13.1 Å². The number of nitrogens with zero attached hydrogens (tertiary/aromatic N) is 1. The van der Waals surface area contributed by atoms with E-state index in [0.29, 0.717) is 24.4 Å². The minimum Gasteiger partial charge on any atom is -0.487 e. The molecule has 0 spiro atoms. The van der Waals surface area contributed by atoms with Crippen LogP contribution in [0.25, 0.3) is 0 Å². The highest BCUT2D eigenvalue weighted by Gasteiger charge is 2.27. The zero-order chi connectivity index (χ0) is 16.3. The summed E-state index contributed by atoms with van der Waals surface area (Å²) in [5.74, 6) is 0.322. The Morgan fingerprint density at radius 3 is 2.86 bits per heavy atom. The van der Waals surface area contributed by atoms with Crippen molar-refractivity contribution in [3.05, 3.63) is 18.2 Å². The van der Waals surface area contributed by atoms with Crippen LogP contribution in [0.1, 0.15) is 20.3 Å². The largest absolute Gasteiger partial charge is 0.487 e. The van der Waals surface area contributed by atoms with Crippen molar-refractivity contribution in [1.29, 1.82) is 0 Å². The van der Waals surface area contributed by atoms with E-state index in [1.165, 1.54) is 24.0 Å². The first-order chi connectivity index (χ1) is 10.3. The quantitative estimate of drug-likeness (QED) is 0.767. The molecular weight excluding hydrogens is 308 g/mol. The zero-order valence-electron chi connectivity index (χ0n) is 12.6. The van der Waals surface area contributed by atoms with Gasteiger partial charge < -0.3 is 14.7 Å². The molecule has 1 aromatic carbocycles. The van der Waals surface area contributed by atoms with Crippen LogP contribution in [0.3, 0.4) is 0 Å².